The van der Waals surface area contributed by atoms with Crippen LogP contribution in [0.15, 0.2) is 24.3 Å². The molecule has 2 heteroatoms. The second-order valence-corrected chi connectivity index (χ2v) is 4.08. The van der Waals surface area contributed by atoms with Crippen LogP contribution >= 0.6 is 0 Å². The lowest BCUT2D eigenvalue weighted by atomic mass is 10.1. The van der Waals surface area contributed by atoms with Gasteiger partial charge in [-0.05, 0) is 31.5 Å². The molecule has 1 aliphatic heterocycles. The van der Waals surface area contributed by atoms with Crippen molar-refractivity contribution < 1.29 is 0 Å². The molecule has 1 unspecified atom stereocenters. The molecule has 1 aromatic rings. The summed E-state index contributed by atoms with van der Waals surface area (Å²) in [6, 6.07) is 9.42. The monoisotopic (exact) mass is 204 g/mol. The summed E-state index contributed by atoms with van der Waals surface area (Å²) >= 11 is 0. The average molecular weight is 204 g/mol. The molecule has 2 rings (SSSR count). The van der Waals surface area contributed by atoms with Gasteiger partial charge in [0.2, 0.25) is 0 Å². The fourth-order valence-corrected chi connectivity index (χ4v) is 2.45. The van der Waals surface area contributed by atoms with Crippen LogP contribution in [0.2, 0.25) is 0 Å². The van der Waals surface area contributed by atoms with E-state index in [-0.39, 0.29) is 0 Å². The Labute approximate surface area is 92.3 Å². The Balaban J connectivity index is 2.13. The number of hydrogen-bond acceptors (Lipinski definition) is 2. The van der Waals surface area contributed by atoms with Crippen molar-refractivity contribution in [3.63, 3.8) is 0 Å². The van der Waals surface area contributed by atoms with Gasteiger partial charge in [-0.2, -0.15) is 0 Å². The zero-order valence-corrected chi connectivity index (χ0v) is 9.66. The molecule has 0 saturated carbocycles. The minimum absolute atomic E-state index is 0.646. The van der Waals surface area contributed by atoms with Crippen LogP contribution in [0.4, 0.5) is 5.69 Å². The summed E-state index contributed by atoms with van der Waals surface area (Å²) < 4.78 is 0. The van der Waals surface area contributed by atoms with E-state index in [0.717, 1.165) is 19.6 Å². The van der Waals surface area contributed by atoms with Gasteiger partial charge in [-0.25, -0.2) is 0 Å². The summed E-state index contributed by atoms with van der Waals surface area (Å²) in [4.78, 5) is 2.51. The molecule has 2 nitrogen and oxygen atoms in total. The molecular formula is C13H20N2. The van der Waals surface area contributed by atoms with E-state index in [1.54, 1.807) is 0 Å². The minimum atomic E-state index is 0.646. The normalized spacial score (nSPS) is 19.3. The van der Waals surface area contributed by atoms with E-state index >= 15 is 0 Å². The predicted octanol–water partition coefficient (Wildman–Crippen LogP) is 2.05. The van der Waals surface area contributed by atoms with E-state index < -0.39 is 0 Å². The maximum Gasteiger partial charge on any atom is 0.0455 e. The fraction of sp³-hybridized carbons (Fsp3) is 0.538. The minimum Gasteiger partial charge on any atom is -0.367 e. The first kappa shape index (κ1) is 10.5. The van der Waals surface area contributed by atoms with Crippen LogP contribution in [0.25, 0.3) is 0 Å². The van der Waals surface area contributed by atoms with Gasteiger partial charge in [0.05, 0.1) is 0 Å². The lowest BCUT2D eigenvalue weighted by Crippen LogP contribution is -2.40. The van der Waals surface area contributed by atoms with Crippen molar-refractivity contribution in [2.24, 2.45) is 0 Å². The molecule has 1 aliphatic rings. The Morgan fingerprint density at radius 1 is 1.33 bits per heavy atom. The van der Waals surface area contributed by atoms with Crippen molar-refractivity contribution in [3.8, 4) is 0 Å². The molecule has 0 amide bonds. The van der Waals surface area contributed by atoms with Crippen LogP contribution in [0.1, 0.15) is 19.4 Å². The number of benzene rings is 1. The third kappa shape index (κ3) is 2.00. The number of likely N-dealkylation sites (N-methyl/N-ethyl adjacent to an activating group) is 2. The van der Waals surface area contributed by atoms with Gasteiger partial charge >= 0.3 is 0 Å². The number of nitrogens with zero attached hydrogens (tertiary/aromatic N) is 1. The van der Waals surface area contributed by atoms with Crippen molar-refractivity contribution in [3.05, 3.63) is 29.8 Å². The highest BCUT2D eigenvalue weighted by Crippen LogP contribution is 2.31. The lowest BCUT2D eigenvalue weighted by molar-refractivity contribution is 0.569. The van der Waals surface area contributed by atoms with Crippen LogP contribution in [0.3, 0.4) is 0 Å². The predicted molar refractivity (Wildman–Crippen MR) is 65.5 cm³/mol. The van der Waals surface area contributed by atoms with Gasteiger partial charge in [0.1, 0.15) is 0 Å². The van der Waals surface area contributed by atoms with E-state index in [9.17, 15) is 0 Å². The molecule has 0 spiro atoms. The summed E-state index contributed by atoms with van der Waals surface area (Å²) in [5, 5.41) is 3.45. The van der Waals surface area contributed by atoms with Gasteiger partial charge in [-0.3, -0.25) is 0 Å². The van der Waals surface area contributed by atoms with E-state index in [1.807, 2.05) is 0 Å². The summed E-state index contributed by atoms with van der Waals surface area (Å²) in [5.41, 5.74) is 2.94. The third-order valence-corrected chi connectivity index (χ3v) is 3.17. The first-order valence-electron chi connectivity index (χ1n) is 5.92. The highest BCUT2D eigenvalue weighted by Gasteiger charge is 2.26. The maximum absolute atomic E-state index is 3.45. The number of nitrogens with one attached hydrogen (secondary N) is 1. The Kier molecular flexibility index (Phi) is 3.27. The van der Waals surface area contributed by atoms with Crippen LogP contribution in [-0.4, -0.2) is 25.7 Å². The van der Waals surface area contributed by atoms with Crippen molar-refractivity contribution in [2.75, 3.05) is 24.5 Å². The van der Waals surface area contributed by atoms with Gasteiger partial charge in [0.25, 0.3) is 0 Å². The fourth-order valence-electron chi connectivity index (χ4n) is 2.45. The van der Waals surface area contributed by atoms with E-state index in [0.29, 0.717) is 6.04 Å². The van der Waals surface area contributed by atoms with E-state index in [1.165, 1.54) is 17.7 Å². The SMILES string of the molecule is CCNCC1Cc2ccccc2N1CC. The number of para-hydroxylation sites is 1. The molecule has 1 N–H and O–H groups in total. The first-order valence-corrected chi connectivity index (χ1v) is 5.92. The quantitative estimate of drug-likeness (QED) is 0.807. The second kappa shape index (κ2) is 4.67. The van der Waals surface area contributed by atoms with Gasteiger partial charge in [-0.15, -0.1) is 0 Å². The molecule has 0 radical (unpaired) electrons. The zero-order valence-electron chi connectivity index (χ0n) is 9.66. The second-order valence-electron chi connectivity index (χ2n) is 4.08. The summed E-state index contributed by atoms with van der Waals surface area (Å²) in [5.74, 6) is 0. The van der Waals surface area contributed by atoms with Crippen molar-refractivity contribution in [2.45, 2.75) is 26.3 Å². The van der Waals surface area contributed by atoms with Gasteiger partial charge in [0, 0.05) is 24.8 Å². The van der Waals surface area contributed by atoms with Gasteiger partial charge in [0.15, 0.2) is 0 Å². The standard InChI is InChI=1S/C13H20N2/c1-3-14-10-12-9-11-7-5-6-8-13(11)15(12)4-2/h5-8,12,14H,3-4,9-10H2,1-2H3. The van der Waals surface area contributed by atoms with Gasteiger partial charge in [-0.1, -0.05) is 25.1 Å². The van der Waals surface area contributed by atoms with Crippen LogP contribution in [0.5, 0.6) is 0 Å². The Bertz CT molecular complexity index is 322. The molecule has 0 aliphatic carbocycles. The largest absolute Gasteiger partial charge is 0.367 e. The number of fused-ring (bicyclic) bond motifs is 1. The third-order valence-electron chi connectivity index (χ3n) is 3.17. The Morgan fingerprint density at radius 2 is 2.13 bits per heavy atom. The molecule has 0 aromatic heterocycles. The summed E-state index contributed by atoms with van der Waals surface area (Å²) in [6.07, 6.45) is 1.19. The molecule has 0 bridgehead atoms. The maximum atomic E-state index is 3.45. The van der Waals surface area contributed by atoms with Crippen molar-refractivity contribution in [1.82, 2.24) is 5.32 Å². The van der Waals surface area contributed by atoms with Crippen LogP contribution in [-0.2, 0) is 6.42 Å². The van der Waals surface area contributed by atoms with Gasteiger partial charge < -0.3 is 10.2 Å². The molecular weight excluding hydrogens is 184 g/mol. The number of hydrogen-bond donors (Lipinski definition) is 1. The topological polar surface area (TPSA) is 15.3 Å². The number of rotatable bonds is 4. The highest BCUT2D eigenvalue weighted by atomic mass is 15.2. The average Bonchev–Trinajstić information content (AvgIpc) is 2.63. The highest BCUT2D eigenvalue weighted by molar-refractivity contribution is 5.59. The lowest BCUT2D eigenvalue weighted by Gasteiger charge is -2.26. The Hall–Kier alpha value is -1.02. The first-order chi connectivity index (χ1) is 7.36. The molecule has 15 heavy (non-hydrogen) atoms. The molecule has 1 atom stereocenters. The van der Waals surface area contributed by atoms with Crippen LogP contribution in [0, 0.1) is 0 Å². The molecule has 0 saturated heterocycles. The Morgan fingerprint density at radius 3 is 2.87 bits per heavy atom. The van der Waals surface area contributed by atoms with E-state index in [4.69, 9.17) is 0 Å². The number of anilines is 1. The zero-order chi connectivity index (χ0) is 10.7. The van der Waals surface area contributed by atoms with Crippen molar-refractivity contribution in [1.29, 1.82) is 0 Å². The smallest absolute Gasteiger partial charge is 0.0455 e. The van der Waals surface area contributed by atoms with Crippen molar-refractivity contribution >= 4 is 5.69 Å². The van der Waals surface area contributed by atoms with Crippen LogP contribution < -0.4 is 10.2 Å². The molecule has 82 valence electrons. The summed E-state index contributed by atoms with van der Waals surface area (Å²) in [7, 11) is 0. The summed E-state index contributed by atoms with van der Waals surface area (Å²) in [6.45, 7) is 7.66. The molecule has 1 aromatic carbocycles. The molecule has 1 heterocycles. The van der Waals surface area contributed by atoms with E-state index in [2.05, 4.69) is 48.3 Å². The molecule has 0 fully saturated rings.